The molecule has 0 aromatic rings. The molecule has 1 aliphatic carbocycles. The van der Waals surface area contributed by atoms with Crippen molar-refractivity contribution in [3.8, 4) is 0 Å². The van der Waals surface area contributed by atoms with Crippen molar-refractivity contribution in [2.45, 2.75) is 58.9 Å². The summed E-state index contributed by atoms with van der Waals surface area (Å²) in [4.78, 5) is 0. The van der Waals surface area contributed by atoms with Gasteiger partial charge in [0.15, 0.2) is 0 Å². The first-order chi connectivity index (χ1) is 6.65. The van der Waals surface area contributed by atoms with Crippen molar-refractivity contribution in [3.05, 3.63) is 0 Å². The Balaban J connectivity index is 2.36. The highest BCUT2D eigenvalue weighted by Crippen LogP contribution is 2.35. The lowest BCUT2D eigenvalue weighted by atomic mass is 9.86. The van der Waals surface area contributed by atoms with Gasteiger partial charge in [-0.05, 0) is 37.0 Å². The first-order valence-corrected chi connectivity index (χ1v) is 6.11. The molecule has 1 rings (SSSR count). The van der Waals surface area contributed by atoms with Crippen LogP contribution in [0.25, 0.3) is 0 Å². The predicted octanol–water partition coefficient (Wildman–Crippen LogP) is 2.69. The van der Waals surface area contributed by atoms with Gasteiger partial charge in [0.05, 0.1) is 0 Å². The Morgan fingerprint density at radius 2 is 2.00 bits per heavy atom. The van der Waals surface area contributed by atoms with E-state index in [0.717, 1.165) is 17.8 Å². The van der Waals surface area contributed by atoms with Gasteiger partial charge in [-0.25, -0.2) is 0 Å². The fourth-order valence-electron chi connectivity index (χ4n) is 2.71. The molecule has 0 bridgehead atoms. The van der Waals surface area contributed by atoms with E-state index in [1.807, 2.05) is 0 Å². The van der Waals surface area contributed by atoms with E-state index in [0.29, 0.717) is 6.04 Å². The molecule has 0 radical (unpaired) electrons. The summed E-state index contributed by atoms with van der Waals surface area (Å²) in [5.41, 5.74) is 3.03. The van der Waals surface area contributed by atoms with Gasteiger partial charge in [0, 0.05) is 6.04 Å². The predicted molar refractivity (Wildman–Crippen MR) is 61.7 cm³/mol. The maximum atomic E-state index is 5.65. The van der Waals surface area contributed by atoms with E-state index in [4.69, 9.17) is 5.84 Å². The second kappa shape index (κ2) is 5.72. The highest BCUT2D eigenvalue weighted by atomic mass is 15.2. The van der Waals surface area contributed by atoms with E-state index in [1.165, 1.54) is 32.1 Å². The molecule has 0 amide bonds. The van der Waals surface area contributed by atoms with Gasteiger partial charge >= 0.3 is 0 Å². The summed E-state index contributed by atoms with van der Waals surface area (Å²) in [6, 6.07) is 0.551. The first-order valence-electron chi connectivity index (χ1n) is 6.11. The zero-order chi connectivity index (χ0) is 10.6. The Bertz CT molecular complexity index is 156. The van der Waals surface area contributed by atoms with E-state index in [-0.39, 0.29) is 0 Å². The summed E-state index contributed by atoms with van der Waals surface area (Å²) in [6.45, 7) is 6.94. The van der Waals surface area contributed by atoms with Gasteiger partial charge < -0.3 is 0 Å². The quantitative estimate of drug-likeness (QED) is 0.526. The van der Waals surface area contributed by atoms with Crippen LogP contribution in [-0.2, 0) is 0 Å². The fraction of sp³-hybridized carbons (Fsp3) is 1.00. The summed E-state index contributed by atoms with van der Waals surface area (Å²) in [6.07, 6.45) is 6.69. The molecule has 0 aromatic heterocycles. The monoisotopic (exact) mass is 198 g/mol. The van der Waals surface area contributed by atoms with E-state index in [2.05, 4.69) is 26.2 Å². The third-order valence-electron chi connectivity index (χ3n) is 3.71. The van der Waals surface area contributed by atoms with Crippen LogP contribution < -0.4 is 11.3 Å². The molecule has 0 saturated heterocycles. The van der Waals surface area contributed by atoms with Crippen LogP contribution in [-0.4, -0.2) is 6.04 Å². The number of hydrazine groups is 1. The molecule has 1 saturated carbocycles. The van der Waals surface area contributed by atoms with Crippen LogP contribution in [0.15, 0.2) is 0 Å². The highest BCUT2D eigenvalue weighted by Gasteiger charge is 2.29. The summed E-state index contributed by atoms with van der Waals surface area (Å²) in [7, 11) is 0. The molecule has 2 heteroatoms. The van der Waals surface area contributed by atoms with E-state index in [1.54, 1.807) is 0 Å². The van der Waals surface area contributed by atoms with Gasteiger partial charge in [-0.2, -0.15) is 0 Å². The summed E-state index contributed by atoms with van der Waals surface area (Å²) in [5.74, 6) is 8.13. The lowest BCUT2D eigenvalue weighted by molar-refractivity contribution is 0.273. The number of hydrogen-bond donors (Lipinski definition) is 2. The zero-order valence-corrected chi connectivity index (χ0v) is 9.92. The van der Waals surface area contributed by atoms with Crippen LogP contribution >= 0.6 is 0 Å². The van der Waals surface area contributed by atoms with Gasteiger partial charge in [0.2, 0.25) is 0 Å². The number of nitrogens with two attached hydrogens (primary N) is 1. The molecule has 84 valence electrons. The third-order valence-corrected chi connectivity index (χ3v) is 3.71. The largest absolute Gasteiger partial charge is 0.271 e. The summed E-state index contributed by atoms with van der Waals surface area (Å²) < 4.78 is 0. The molecule has 0 aliphatic heterocycles. The average Bonchev–Trinajstić information content (AvgIpc) is 2.53. The summed E-state index contributed by atoms with van der Waals surface area (Å²) in [5, 5.41) is 0. The van der Waals surface area contributed by atoms with Crippen LogP contribution in [0, 0.1) is 17.8 Å². The van der Waals surface area contributed by atoms with Crippen molar-refractivity contribution < 1.29 is 0 Å². The molecular formula is C12H26N2. The molecule has 3 N–H and O–H groups in total. The van der Waals surface area contributed by atoms with Crippen LogP contribution in [0.2, 0.25) is 0 Å². The van der Waals surface area contributed by atoms with E-state index >= 15 is 0 Å². The molecule has 0 spiro atoms. The maximum absolute atomic E-state index is 5.65. The van der Waals surface area contributed by atoms with Crippen molar-refractivity contribution in [2.24, 2.45) is 23.6 Å². The van der Waals surface area contributed by atoms with Crippen molar-refractivity contribution in [3.63, 3.8) is 0 Å². The zero-order valence-electron chi connectivity index (χ0n) is 9.92. The molecule has 1 aliphatic rings. The second-order valence-corrected chi connectivity index (χ2v) is 5.32. The maximum Gasteiger partial charge on any atom is 0.0241 e. The molecule has 0 heterocycles. The van der Waals surface area contributed by atoms with E-state index in [9.17, 15) is 0 Å². The normalized spacial score (nSPS) is 29.8. The van der Waals surface area contributed by atoms with Crippen LogP contribution in [0.4, 0.5) is 0 Å². The van der Waals surface area contributed by atoms with Gasteiger partial charge in [0.25, 0.3) is 0 Å². The smallest absolute Gasteiger partial charge is 0.0241 e. The van der Waals surface area contributed by atoms with Crippen molar-refractivity contribution in [1.82, 2.24) is 5.43 Å². The van der Waals surface area contributed by atoms with Crippen LogP contribution in [0.5, 0.6) is 0 Å². The molecule has 1 fully saturated rings. The number of rotatable bonds is 5. The first kappa shape index (κ1) is 12.0. The Hall–Kier alpha value is -0.0800. The van der Waals surface area contributed by atoms with E-state index < -0.39 is 0 Å². The third kappa shape index (κ3) is 3.25. The molecule has 0 aromatic carbocycles. The molecule has 14 heavy (non-hydrogen) atoms. The lowest BCUT2D eigenvalue weighted by Crippen LogP contribution is -2.42. The second-order valence-electron chi connectivity index (χ2n) is 5.32. The standard InChI is InChI=1S/C12H26N2/c1-9(2)7-8-12(14-13)11-6-4-5-10(11)3/h9-12,14H,4-8,13H2,1-3H3. The minimum Gasteiger partial charge on any atom is -0.271 e. The Labute approximate surface area is 88.6 Å². The van der Waals surface area contributed by atoms with Gasteiger partial charge in [-0.1, -0.05) is 33.6 Å². The molecule has 2 nitrogen and oxygen atoms in total. The lowest BCUT2D eigenvalue weighted by Gasteiger charge is -2.26. The Kier molecular flexibility index (Phi) is 4.90. The summed E-state index contributed by atoms with van der Waals surface area (Å²) >= 11 is 0. The number of nitrogens with one attached hydrogen (secondary N) is 1. The van der Waals surface area contributed by atoms with Crippen LogP contribution in [0.3, 0.4) is 0 Å². The molecular weight excluding hydrogens is 172 g/mol. The minimum absolute atomic E-state index is 0.551. The Morgan fingerprint density at radius 3 is 2.43 bits per heavy atom. The average molecular weight is 198 g/mol. The van der Waals surface area contributed by atoms with Crippen molar-refractivity contribution >= 4 is 0 Å². The van der Waals surface area contributed by atoms with Gasteiger partial charge in [-0.3, -0.25) is 11.3 Å². The minimum atomic E-state index is 0.551. The molecule has 3 atom stereocenters. The van der Waals surface area contributed by atoms with Crippen molar-refractivity contribution in [2.75, 3.05) is 0 Å². The van der Waals surface area contributed by atoms with Gasteiger partial charge in [-0.15, -0.1) is 0 Å². The van der Waals surface area contributed by atoms with Crippen molar-refractivity contribution in [1.29, 1.82) is 0 Å². The Morgan fingerprint density at radius 1 is 1.29 bits per heavy atom. The van der Waals surface area contributed by atoms with Gasteiger partial charge in [0.1, 0.15) is 0 Å². The number of hydrogen-bond acceptors (Lipinski definition) is 2. The SMILES string of the molecule is CC(C)CCC(NN)C1CCCC1C. The molecule has 3 unspecified atom stereocenters. The van der Waals surface area contributed by atoms with Crippen LogP contribution in [0.1, 0.15) is 52.9 Å². The topological polar surface area (TPSA) is 38.0 Å². The fourth-order valence-corrected chi connectivity index (χ4v) is 2.71. The highest BCUT2D eigenvalue weighted by molar-refractivity contribution is 4.83.